The molecule has 0 radical (unpaired) electrons. The smallest absolute Gasteiger partial charge is 0.162 e. The fourth-order valence-electron chi connectivity index (χ4n) is 2.73. The summed E-state index contributed by atoms with van der Waals surface area (Å²) in [6.45, 7) is 6.96. The number of aromatic nitrogens is 2. The first-order valence-electron chi connectivity index (χ1n) is 6.81. The van der Waals surface area contributed by atoms with E-state index in [4.69, 9.17) is 10.5 Å². The third-order valence-corrected chi connectivity index (χ3v) is 3.78. The second kappa shape index (κ2) is 5.22. The fourth-order valence-corrected chi connectivity index (χ4v) is 2.73. The van der Waals surface area contributed by atoms with E-state index in [1.165, 1.54) is 0 Å². The van der Waals surface area contributed by atoms with Crippen molar-refractivity contribution in [2.75, 3.05) is 12.3 Å². The minimum absolute atomic E-state index is 0.318. The predicted octanol–water partition coefficient (Wildman–Crippen LogP) is 2.81. The Morgan fingerprint density at radius 3 is 2.61 bits per heavy atom. The molecule has 0 amide bonds. The van der Waals surface area contributed by atoms with Gasteiger partial charge in [-0.3, -0.25) is 0 Å². The van der Waals surface area contributed by atoms with Crippen molar-refractivity contribution in [2.24, 2.45) is 5.92 Å². The Morgan fingerprint density at radius 1 is 1.39 bits per heavy atom. The van der Waals surface area contributed by atoms with E-state index in [2.05, 4.69) is 16.9 Å². The van der Waals surface area contributed by atoms with Crippen molar-refractivity contribution in [3.63, 3.8) is 0 Å². The number of hydrogen-bond acceptors (Lipinski definition) is 4. The van der Waals surface area contributed by atoms with Crippen molar-refractivity contribution < 1.29 is 4.74 Å². The number of aryl methyl sites for hydroxylation is 1. The number of hydrogen-bond donors (Lipinski definition) is 1. The molecule has 0 bridgehead atoms. The molecule has 4 heteroatoms. The molecule has 1 saturated carbocycles. The Kier molecular flexibility index (Phi) is 3.85. The molecule has 2 N–H and O–H groups in total. The highest BCUT2D eigenvalue weighted by Crippen LogP contribution is 2.41. The largest absolute Gasteiger partial charge is 0.384 e. The van der Waals surface area contributed by atoms with E-state index in [0.29, 0.717) is 12.4 Å². The van der Waals surface area contributed by atoms with Crippen LogP contribution in [0.5, 0.6) is 0 Å². The van der Waals surface area contributed by atoms with Gasteiger partial charge in [-0.15, -0.1) is 0 Å². The summed E-state index contributed by atoms with van der Waals surface area (Å²) in [5, 5.41) is 0. The van der Waals surface area contributed by atoms with Crippen molar-refractivity contribution in [3.8, 4) is 0 Å². The molecule has 0 aromatic carbocycles. The summed E-state index contributed by atoms with van der Waals surface area (Å²) in [4.78, 5) is 8.97. The Hall–Kier alpha value is -1.16. The quantitative estimate of drug-likeness (QED) is 0.894. The maximum atomic E-state index is 6.03. The van der Waals surface area contributed by atoms with Crippen LogP contribution in [-0.2, 0) is 10.3 Å². The molecule has 1 aliphatic carbocycles. The van der Waals surface area contributed by atoms with Gasteiger partial charge in [-0.2, -0.15) is 0 Å². The maximum Gasteiger partial charge on any atom is 0.162 e. The van der Waals surface area contributed by atoms with Gasteiger partial charge >= 0.3 is 0 Å². The minimum Gasteiger partial charge on any atom is -0.384 e. The number of nitrogens with two attached hydrogens (primary N) is 1. The molecule has 1 aromatic rings. The van der Waals surface area contributed by atoms with Gasteiger partial charge in [0, 0.05) is 18.4 Å². The second-order valence-corrected chi connectivity index (χ2v) is 5.37. The molecule has 0 spiro atoms. The summed E-state index contributed by atoms with van der Waals surface area (Å²) in [7, 11) is 0. The molecule has 0 aliphatic heterocycles. The van der Waals surface area contributed by atoms with Crippen molar-refractivity contribution >= 4 is 5.82 Å². The zero-order valence-corrected chi connectivity index (χ0v) is 11.6. The van der Waals surface area contributed by atoms with Gasteiger partial charge in [0.25, 0.3) is 0 Å². The molecule has 2 rings (SSSR count). The fraction of sp³-hybridized carbons (Fsp3) is 0.714. The number of nitrogens with zero attached hydrogens (tertiary/aromatic N) is 2. The van der Waals surface area contributed by atoms with E-state index in [1.807, 2.05) is 13.8 Å². The zero-order chi connectivity index (χ0) is 13.2. The molecule has 4 nitrogen and oxygen atoms in total. The molecule has 0 atom stereocenters. The van der Waals surface area contributed by atoms with E-state index in [9.17, 15) is 0 Å². The van der Waals surface area contributed by atoms with Gasteiger partial charge in [-0.1, -0.05) is 6.92 Å². The van der Waals surface area contributed by atoms with E-state index >= 15 is 0 Å². The first kappa shape index (κ1) is 13.3. The average molecular weight is 249 g/mol. The molecular weight excluding hydrogens is 226 g/mol. The Bertz CT molecular complexity index is 391. The molecule has 0 unspecified atom stereocenters. The first-order chi connectivity index (χ1) is 8.55. The number of nitrogen functional groups attached to an aromatic ring is 1. The molecule has 100 valence electrons. The van der Waals surface area contributed by atoms with E-state index in [-0.39, 0.29) is 5.60 Å². The first-order valence-corrected chi connectivity index (χ1v) is 6.81. The lowest BCUT2D eigenvalue weighted by Gasteiger charge is -2.37. The molecule has 1 aliphatic rings. The van der Waals surface area contributed by atoms with Crippen molar-refractivity contribution in [2.45, 2.75) is 52.1 Å². The highest BCUT2D eigenvalue weighted by molar-refractivity contribution is 5.30. The zero-order valence-electron chi connectivity index (χ0n) is 11.6. The van der Waals surface area contributed by atoms with Gasteiger partial charge < -0.3 is 10.5 Å². The van der Waals surface area contributed by atoms with Crippen LogP contribution < -0.4 is 5.73 Å². The summed E-state index contributed by atoms with van der Waals surface area (Å²) < 4.78 is 6.03. The monoisotopic (exact) mass is 249 g/mol. The molecule has 1 fully saturated rings. The van der Waals surface area contributed by atoms with Gasteiger partial charge in [0.15, 0.2) is 5.82 Å². The van der Waals surface area contributed by atoms with Crippen LogP contribution in [0.25, 0.3) is 0 Å². The third kappa shape index (κ3) is 2.64. The summed E-state index contributed by atoms with van der Waals surface area (Å²) >= 11 is 0. The molecule has 1 heterocycles. The Balaban J connectivity index is 2.34. The van der Waals surface area contributed by atoms with Gasteiger partial charge in [0.2, 0.25) is 0 Å². The van der Waals surface area contributed by atoms with E-state index < -0.39 is 0 Å². The van der Waals surface area contributed by atoms with Crippen LogP contribution in [0.1, 0.15) is 51.0 Å². The van der Waals surface area contributed by atoms with Crippen molar-refractivity contribution in [3.05, 3.63) is 17.6 Å². The minimum atomic E-state index is -0.318. The molecular formula is C14H23N3O. The highest BCUT2D eigenvalue weighted by atomic mass is 16.5. The molecule has 1 aromatic heterocycles. The van der Waals surface area contributed by atoms with Crippen LogP contribution in [0.2, 0.25) is 0 Å². The summed E-state index contributed by atoms with van der Waals surface area (Å²) in [6, 6.07) is 1.80. The Morgan fingerprint density at radius 2 is 2.06 bits per heavy atom. The predicted molar refractivity (Wildman–Crippen MR) is 72.1 cm³/mol. The van der Waals surface area contributed by atoms with Crippen LogP contribution in [0.15, 0.2) is 6.07 Å². The number of rotatable bonds is 3. The average Bonchev–Trinajstić information content (AvgIpc) is 2.31. The molecule has 18 heavy (non-hydrogen) atoms. The SMILES string of the molecule is CCOC1(c2nc(C)cc(N)n2)CCC(C)CC1. The number of anilines is 1. The lowest BCUT2D eigenvalue weighted by atomic mass is 9.79. The number of ether oxygens (including phenoxy) is 1. The lowest BCUT2D eigenvalue weighted by Crippen LogP contribution is -2.36. The van der Waals surface area contributed by atoms with Gasteiger partial charge in [-0.05, 0) is 45.4 Å². The van der Waals surface area contributed by atoms with E-state index in [0.717, 1.165) is 43.1 Å². The van der Waals surface area contributed by atoms with Crippen LogP contribution in [0.4, 0.5) is 5.82 Å². The maximum absolute atomic E-state index is 6.03. The standard InChI is InChI=1S/C14H23N3O/c1-4-18-14(7-5-10(2)6-8-14)13-16-11(3)9-12(15)17-13/h9-10H,4-8H2,1-3H3,(H2,15,16,17). The summed E-state index contributed by atoms with van der Waals surface area (Å²) in [5.41, 5.74) is 6.44. The Labute approximate surface area is 109 Å². The van der Waals surface area contributed by atoms with Crippen LogP contribution >= 0.6 is 0 Å². The van der Waals surface area contributed by atoms with Crippen molar-refractivity contribution in [1.29, 1.82) is 0 Å². The van der Waals surface area contributed by atoms with Crippen molar-refractivity contribution in [1.82, 2.24) is 9.97 Å². The normalized spacial score (nSPS) is 28.3. The van der Waals surface area contributed by atoms with Gasteiger partial charge in [-0.25, -0.2) is 9.97 Å². The lowest BCUT2D eigenvalue weighted by molar-refractivity contribution is -0.0837. The highest BCUT2D eigenvalue weighted by Gasteiger charge is 2.39. The van der Waals surface area contributed by atoms with Crippen LogP contribution in [0, 0.1) is 12.8 Å². The summed E-state index contributed by atoms with van der Waals surface area (Å²) in [5.74, 6) is 2.07. The molecule has 0 saturated heterocycles. The topological polar surface area (TPSA) is 61.0 Å². The van der Waals surface area contributed by atoms with Gasteiger partial charge in [0.1, 0.15) is 11.4 Å². The van der Waals surface area contributed by atoms with Gasteiger partial charge in [0.05, 0.1) is 0 Å². The van der Waals surface area contributed by atoms with E-state index in [1.54, 1.807) is 6.07 Å². The van der Waals surface area contributed by atoms with Crippen LogP contribution in [0.3, 0.4) is 0 Å². The van der Waals surface area contributed by atoms with Crippen LogP contribution in [-0.4, -0.2) is 16.6 Å². The third-order valence-electron chi connectivity index (χ3n) is 3.78. The summed E-state index contributed by atoms with van der Waals surface area (Å²) in [6.07, 6.45) is 4.31. The second-order valence-electron chi connectivity index (χ2n) is 5.37.